The van der Waals surface area contributed by atoms with E-state index in [9.17, 15) is 4.79 Å². The maximum absolute atomic E-state index is 13.8. The summed E-state index contributed by atoms with van der Waals surface area (Å²) >= 11 is 0. The third kappa shape index (κ3) is 4.20. The van der Waals surface area contributed by atoms with Crippen LogP contribution in [0.1, 0.15) is 33.4 Å². The van der Waals surface area contributed by atoms with Crippen LogP contribution in [-0.2, 0) is 13.0 Å². The SMILES string of the molecule is O=C1c2ccccc2NC(c2c(OCCc3ccccc3)ccc3ccccc23)N1Cc1ccco1. The summed E-state index contributed by atoms with van der Waals surface area (Å²) in [6.07, 6.45) is 1.99. The topological polar surface area (TPSA) is 54.7 Å². The van der Waals surface area contributed by atoms with Crippen molar-refractivity contribution in [2.24, 2.45) is 0 Å². The normalized spacial score (nSPS) is 14.9. The van der Waals surface area contributed by atoms with Crippen molar-refractivity contribution in [3.05, 3.63) is 132 Å². The first-order valence-electron chi connectivity index (χ1n) is 12.2. The highest BCUT2D eigenvalue weighted by atomic mass is 16.5. The standard InChI is InChI=1S/C31H26N2O3/c34-31-26-14-6-7-15-27(26)32-30(33(31)21-24-12-8-19-35-24)29-25-13-5-4-11-23(25)16-17-28(29)36-20-18-22-9-2-1-3-10-22/h1-17,19,30,32H,18,20-21H2. The Morgan fingerprint density at radius 1 is 0.833 bits per heavy atom. The number of ether oxygens (including phenoxy) is 1. The van der Waals surface area contributed by atoms with Crippen molar-refractivity contribution in [3.8, 4) is 5.75 Å². The summed E-state index contributed by atoms with van der Waals surface area (Å²) in [5.41, 5.74) is 3.62. The summed E-state index contributed by atoms with van der Waals surface area (Å²) in [5.74, 6) is 1.44. The van der Waals surface area contributed by atoms with Crippen molar-refractivity contribution >= 4 is 22.4 Å². The molecule has 1 unspecified atom stereocenters. The van der Waals surface area contributed by atoms with E-state index in [1.165, 1.54) is 5.56 Å². The van der Waals surface area contributed by atoms with Gasteiger partial charge in [0.25, 0.3) is 5.91 Å². The number of hydrogen-bond donors (Lipinski definition) is 1. The third-order valence-corrected chi connectivity index (χ3v) is 6.62. The number of carbonyl (C=O) groups excluding carboxylic acids is 1. The lowest BCUT2D eigenvalue weighted by atomic mass is 9.97. The summed E-state index contributed by atoms with van der Waals surface area (Å²) in [7, 11) is 0. The lowest BCUT2D eigenvalue weighted by molar-refractivity contribution is 0.0650. The molecule has 4 aromatic carbocycles. The van der Waals surface area contributed by atoms with E-state index < -0.39 is 6.17 Å². The molecule has 1 N–H and O–H groups in total. The highest BCUT2D eigenvalue weighted by Gasteiger charge is 2.36. The predicted molar refractivity (Wildman–Crippen MR) is 141 cm³/mol. The summed E-state index contributed by atoms with van der Waals surface area (Å²) in [5, 5.41) is 5.77. The Balaban J connectivity index is 1.43. The maximum atomic E-state index is 13.8. The second-order valence-electron chi connectivity index (χ2n) is 8.89. The molecule has 5 heteroatoms. The molecule has 1 atom stereocenters. The largest absolute Gasteiger partial charge is 0.493 e. The van der Waals surface area contributed by atoms with E-state index in [-0.39, 0.29) is 5.91 Å². The van der Waals surface area contributed by atoms with E-state index in [4.69, 9.17) is 9.15 Å². The number of hydrogen-bond acceptors (Lipinski definition) is 4. The van der Waals surface area contributed by atoms with Gasteiger partial charge in [-0.25, -0.2) is 0 Å². The molecule has 1 aromatic heterocycles. The van der Waals surface area contributed by atoms with Gasteiger partial charge < -0.3 is 19.4 Å². The quantitative estimate of drug-likeness (QED) is 0.281. The molecule has 0 radical (unpaired) electrons. The monoisotopic (exact) mass is 474 g/mol. The van der Waals surface area contributed by atoms with Gasteiger partial charge in [-0.15, -0.1) is 0 Å². The molecule has 6 rings (SSSR count). The zero-order valence-corrected chi connectivity index (χ0v) is 19.8. The Labute approximate surface area is 209 Å². The fourth-order valence-corrected chi connectivity index (χ4v) is 4.86. The average Bonchev–Trinajstić information content (AvgIpc) is 3.44. The molecule has 0 spiro atoms. The van der Waals surface area contributed by atoms with Crippen molar-refractivity contribution in [3.63, 3.8) is 0 Å². The van der Waals surface area contributed by atoms with Gasteiger partial charge in [-0.1, -0.05) is 72.8 Å². The zero-order valence-electron chi connectivity index (χ0n) is 19.8. The second-order valence-corrected chi connectivity index (χ2v) is 8.89. The Morgan fingerprint density at radius 3 is 2.50 bits per heavy atom. The molecule has 0 saturated carbocycles. The Kier molecular flexibility index (Phi) is 5.88. The Morgan fingerprint density at radius 2 is 1.64 bits per heavy atom. The minimum Gasteiger partial charge on any atom is -0.493 e. The van der Waals surface area contributed by atoms with Crippen molar-refractivity contribution < 1.29 is 13.9 Å². The highest BCUT2D eigenvalue weighted by Crippen LogP contribution is 2.41. The first-order chi connectivity index (χ1) is 17.8. The molecule has 0 fully saturated rings. The molecule has 2 heterocycles. The zero-order chi connectivity index (χ0) is 24.3. The Hall–Kier alpha value is -4.51. The van der Waals surface area contributed by atoms with Crippen LogP contribution in [0, 0.1) is 0 Å². The van der Waals surface area contributed by atoms with Gasteiger partial charge in [0.2, 0.25) is 0 Å². The van der Waals surface area contributed by atoms with Gasteiger partial charge in [-0.3, -0.25) is 4.79 Å². The summed E-state index contributed by atoms with van der Waals surface area (Å²) in [6.45, 7) is 0.870. The molecule has 1 aliphatic rings. The molecule has 1 amide bonds. The summed E-state index contributed by atoms with van der Waals surface area (Å²) < 4.78 is 12.0. The number of rotatable bonds is 7. The molecule has 36 heavy (non-hydrogen) atoms. The van der Waals surface area contributed by atoms with Gasteiger partial charge in [-0.05, 0) is 46.7 Å². The van der Waals surface area contributed by atoms with Crippen LogP contribution >= 0.6 is 0 Å². The minimum atomic E-state index is -0.435. The molecule has 5 aromatic rings. The second kappa shape index (κ2) is 9.62. The summed E-state index contributed by atoms with van der Waals surface area (Å²) in [4.78, 5) is 15.6. The van der Waals surface area contributed by atoms with Crippen LogP contribution in [0.15, 0.2) is 114 Å². The number of fused-ring (bicyclic) bond motifs is 2. The molecule has 1 aliphatic heterocycles. The number of nitrogens with one attached hydrogen (secondary N) is 1. The van der Waals surface area contributed by atoms with Crippen molar-refractivity contribution in [2.45, 2.75) is 19.1 Å². The van der Waals surface area contributed by atoms with Crippen LogP contribution in [-0.4, -0.2) is 17.4 Å². The molecule has 5 nitrogen and oxygen atoms in total. The summed E-state index contributed by atoms with van der Waals surface area (Å²) in [6, 6.07) is 34.0. The van der Waals surface area contributed by atoms with E-state index in [1.807, 2.05) is 77.7 Å². The average molecular weight is 475 g/mol. The highest BCUT2D eigenvalue weighted by molar-refractivity contribution is 6.02. The smallest absolute Gasteiger partial charge is 0.258 e. The van der Waals surface area contributed by atoms with Crippen molar-refractivity contribution in [1.29, 1.82) is 0 Å². The molecular formula is C31H26N2O3. The van der Waals surface area contributed by atoms with Crippen LogP contribution in [0.3, 0.4) is 0 Å². The Bertz CT molecular complexity index is 1500. The number of carbonyl (C=O) groups is 1. The third-order valence-electron chi connectivity index (χ3n) is 6.62. The van der Waals surface area contributed by atoms with Crippen molar-refractivity contribution in [2.75, 3.05) is 11.9 Å². The van der Waals surface area contributed by atoms with E-state index in [0.717, 1.165) is 40.0 Å². The van der Waals surface area contributed by atoms with Crippen molar-refractivity contribution in [1.82, 2.24) is 4.90 Å². The van der Waals surface area contributed by atoms with Crippen LogP contribution in [0.4, 0.5) is 5.69 Å². The van der Waals surface area contributed by atoms with E-state index in [1.54, 1.807) is 6.26 Å². The lowest BCUT2D eigenvalue weighted by Gasteiger charge is -2.38. The lowest BCUT2D eigenvalue weighted by Crippen LogP contribution is -2.42. The first kappa shape index (κ1) is 22.0. The van der Waals surface area contributed by atoms with Gasteiger partial charge in [0.05, 0.1) is 25.0 Å². The minimum absolute atomic E-state index is 0.0473. The number of amides is 1. The van der Waals surface area contributed by atoms with Gasteiger partial charge in [0, 0.05) is 17.7 Å². The van der Waals surface area contributed by atoms with Crippen LogP contribution in [0.2, 0.25) is 0 Å². The fourth-order valence-electron chi connectivity index (χ4n) is 4.86. The van der Waals surface area contributed by atoms with Gasteiger partial charge in [0.15, 0.2) is 0 Å². The van der Waals surface area contributed by atoms with E-state index in [0.29, 0.717) is 18.7 Å². The van der Waals surface area contributed by atoms with Crippen LogP contribution < -0.4 is 10.1 Å². The van der Waals surface area contributed by atoms with Gasteiger partial charge >= 0.3 is 0 Å². The van der Waals surface area contributed by atoms with Crippen LogP contribution in [0.25, 0.3) is 10.8 Å². The first-order valence-corrected chi connectivity index (χ1v) is 12.2. The van der Waals surface area contributed by atoms with Crippen LogP contribution in [0.5, 0.6) is 5.75 Å². The number of benzene rings is 4. The predicted octanol–water partition coefficient (Wildman–Crippen LogP) is 6.82. The van der Waals surface area contributed by atoms with E-state index in [2.05, 4.69) is 35.6 Å². The number of para-hydroxylation sites is 1. The molecule has 0 saturated heterocycles. The van der Waals surface area contributed by atoms with Gasteiger partial charge in [-0.2, -0.15) is 0 Å². The van der Waals surface area contributed by atoms with Gasteiger partial charge in [0.1, 0.15) is 17.7 Å². The molecular weight excluding hydrogens is 448 g/mol. The molecule has 178 valence electrons. The number of nitrogens with zero attached hydrogens (tertiary/aromatic N) is 1. The molecule has 0 aliphatic carbocycles. The maximum Gasteiger partial charge on any atom is 0.258 e. The fraction of sp³-hybridized carbons (Fsp3) is 0.129. The number of anilines is 1. The van der Waals surface area contributed by atoms with E-state index >= 15 is 0 Å². The molecule has 0 bridgehead atoms. The number of furan rings is 1.